The normalized spacial score (nSPS) is 31.9. The van der Waals surface area contributed by atoms with Crippen LogP contribution in [0.25, 0.3) is 0 Å². The van der Waals surface area contributed by atoms with Crippen molar-refractivity contribution in [1.82, 2.24) is 9.78 Å². The topological polar surface area (TPSA) is 27.1 Å². The van der Waals surface area contributed by atoms with E-state index in [9.17, 15) is 0 Å². The third kappa shape index (κ3) is 2.51. The van der Waals surface area contributed by atoms with Crippen LogP contribution in [-0.2, 0) is 4.74 Å². The van der Waals surface area contributed by atoms with Gasteiger partial charge in [0, 0.05) is 23.6 Å². The Kier molecular flexibility index (Phi) is 4.08. The molecule has 0 N–H and O–H groups in total. The first kappa shape index (κ1) is 14.7. The van der Waals surface area contributed by atoms with E-state index in [1.165, 1.54) is 23.4 Å². The SMILES string of the molecule is Cc1nn(C2CCOC3(CCSC3)C2)c(C)c1C(C)Cl. The van der Waals surface area contributed by atoms with Gasteiger partial charge in [0.15, 0.2) is 0 Å². The van der Waals surface area contributed by atoms with Gasteiger partial charge in [0.05, 0.1) is 22.7 Å². The molecule has 5 heteroatoms. The first-order valence-electron chi connectivity index (χ1n) is 7.44. The summed E-state index contributed by atoms with van der Waals surface area (Å²) in [7, 11) is 0. The average Bonchev–Trinajstić information content (AvgIpc) is 2.95. The van der Waals surface area contributed by atoms with Gasteiger partial charge in [-0.2, -0.15) is 16.9 Å². The Labute approximate surface area is 130 Å². The third-order valence-electron chi connectivity index (χ3n) is 4.66. The molecular formula is C15H23ClN2OS. The van der Waals surface area contributed by atoms with E-state index in [1.54, 1.807) is 0 Å². The quantitative estimate of drug-likeness (QED) is 0.771. The molecule has 0 aromatic carbocycles. The number of hydrogen-bond donors (Lipinski definition) is 0. The minimum atomic E-state index is 0.0274. The first-order chi connectivity index (χ1) is 9.52. The summed E-state index contributed by atoms with van der Waals surface area (Å²) in [6, 6.07) is 0.463. The lowest BCUT2D eigenvalue weighted by Crippen LogP contribution is -2.41. The van der Waals surface area contributed by atoms with Crippen LogP contribution in [0.5, 0.6) is 0 Å². The van der Waals surface area contributed by atoms with E-state index >= 15 is 0 Å². The number of nitrogens with zero attached hydrogens (tertiary/aromatic N) is 2. The maximum Gasteiger partial charge on any atom is 0.0800 e. The fourth-order valence-electron chi connectivity index (χ4n) is 3.68. The number of ether oxygens (including phenoxy) is 1. The first-order valence-corrected chi connectivity index (χ1v) is 9.03. The molecule has 2 saturated heterocycles. The zero-order valence-electron chi connectivity index (χ0n) is 12.5. The molecule has 0 aliphatic carbocycles. The molecule has 3 unspecified atom stereocenters. The highest BCUT2D eigenvalue weighted by Crippen LogP contribution is 2.42. The zero-order chi connectivity index (χ0) is 14.3. The lowest BCUT2D eigenvalue weighted by molar-refractivity contribution is -0.0781. The molecule has 2 fully saturated rings. The van der Waals surface area contributed by atoms with Crippen LogP contribution in [0.3, 0.4) is 0 Å². The fourth-order valence-corrected chi connectivity index (χ4v) is 5.37. The highest BCUT2D eigenvalue weighted by Gasteiger charge is 2.41. The molecule has 1 aromatic heterocycles. The Morgan fingerprint density at radius 3 is 2.90 bits per heavy atom. The lowest BCUT2D eigenvalue weighted by Gasteiger charge is -2.38. The Morgan fingerprint density at radius 2 is 2.30 bits per heavy atom. The fraction of sp³-hybridized carbons (Fsp3) is 0.800. The van der Waals surface area contributed by atoms with Gasteiger partial charge in [-0.1, -0.05) is 0 Å². The molecule has 2 aliphatic rings. The van der Waals surface area contributed by atoms with Gasteiger partial charge in [-0.05, 0) is 45.8 Å². The largest absolute Gasteiger partial charge is 0.374 e. The summed E-state index contributed by atoms with van der Waals surface area (Å²) in [6.07, 6.45) is 3.34. The minimum Gasteiger partial charge on any atom is -0.374 e. The molecule has 0 radical (unpaired) electrons. The number of hydrogen-bond acceptors (Lipinski definition) is 3. The summed E-state index contributed by atoms with van der Waals surface area (Å²) < 4.78 is 8.33. The Morgan fingerprint density at radius 1 is 1.50 bits per heavy atom. The van der Waals surface area contributed by atoms with E-state index in [-0.39, 0.29) is 11.0 Å². The van der Waals surface area contributed by atoms with Crippen molar-refractivity contribution in [3.8, 4) is 0 Å². The molecule has 3 atom stereocenters. The summed E-state index contributed by atoms with van der Waals surface area (Å²) in [5.74, 6) is 2.37. The second-order valence-electron chi connectivity index (χ2n) is 6.13. The van der Waals surface area contributed by atoms with E-state index < -0.39 is 0 Å². The summed E-state index contributed by atoms with van der Waals surface area (Å²) in [6.45, 7) is 7.11. The number of rotatable bonds is 2. The molecule has 3 rings (SSSR count). The number of alkyl halides is 1. The maximum atomic E-state index is 6.31. The Balaban J connectivity index is 1.87. The lowest BCUT2D eigenvalue weighted by atomic mass is 9.90. The van der Waals surface area contributed by atoms with Crippen LogP contribution >= 0.6 is 23.4 Å². The molecule has 2 aliphatic heterocycles. The molecule has 3 nitrogen and oxygen atoms in total. The van der Waals surface area contributed by atoms with E-state index in [0.717, 1.165) is 30.9 Å². The minimum absolute atomic E-state index is 0.0274. The number of aryl methyl sites for hydroxylation is 1. The van der Waals surface area contributed by atoms with Gasteiger partial charge in [0.2, 0.25) is 0 Å². The van der Waals surface area contributed by atoms with E-state index in [2.05, 4.69) is 18.5 Å². The Bertz CT molecular complexity index is 494. The monoisotopic (exact) mass is 314 g/mol. The highest BCUT2D eigenvalue weighted by atomic mass is 35.5. The molecule has 20 heavy (non-hydrogen) atoms. The van der Waals surface area contributed by atoms with Crippen LogP contribution in [-0.4, -0.2) is 33.5 Å². The van der Waals surface area contributed by atoms with E-state index in [0.29, 0.717) is 6.04 Å². The number of halogens is 1. The summed E-state index contributed by atoms with van der Waals surface area (Å²) >= 11 is 8.32. The summed E-state index contributed by atoms with van der Waals surface area (Å²) in [5.41, 5.74) is 3.61. The van der Waals surface area contributed by atoms with Gasteiger partial charge in [0.25, 0.3) is 0 Å². The molecule has 0 bridgehead atoms. The molecule has 1 aromatic rings. The summed E-state index contributed by atoms with van der Waals surface area (Å²) in [5, 5.41) is 4.81. The average molecular weight is 315 g/mol. The van der Waals surface area contributed by atoms with Crippen molar-refractivity contribution in [2.75, 3.05) is 18.1 Å². The molecule has 0 saturated carbocycles. The molecule has 0 amide bonds. The zero-order valence-corrected chi connectivity index (χ0v) is 14.1. The molecule has 3 heterocycles. The van der Waals surface area contributed by atoms with Gasteiger partial charge in [-0.3, -0.25) is 4.68 Å². The predicted molar refractivity (Wildman–Crippen MR) is 84.9 cm³/mol. The van der Waals surface area contributed by atoms with Crippen molar-refractivity contribution in [3.05, 3.63) is 17.0 Å². The Hall–Kier alpha value is -0.190. The second kappa shape index (κ2) is 5.54. The highest BCUT2D eigenvalue weighted by molar-refractivity contribution is 7.99. The van der Waals surface area contributed by atoms with Gasteiger partial charge < -0.3 is 4.74 Å². The van der Waals surface area contributed by atoms with Crippen LogP contribution in [0.15, 0.2) is 0 Å². The summed E-state index contributed by atoms with van der Waals surface area (Å²) in [4.78, 5) is 0. The van der Waals surface area contributed by atoms with Crippen molar-refractivity contribution in [2.45, 2.75) is 57.1 Å². The van der Waals surface area contributed by atoms with Crippen LogP contribution in [0, 0.1) is 13.8 Å². The smallest absolute Gasteiger partial charge is 0.0800 e. The van der Waals surface area contributed by atoms with Crippen LogP contribution in [0.1, 0.15) is 54.6 Å². The van der Waals surface area contributed by atoms with Gasteiger partial charge in [-0.15, -0.1) is 11.6 Å². The van der Waals surface area contributed by atoms with Gasteiger partial charge in [0.1, 0.15) is 0 Å². The maximum absolute atomic E-state index is 6.31. The van der Waals surface area contributed by atoms with Crippen molar-refractivity contribution in [3.63, 3.8) is 0 Å². The van der Waals surface area contributed by atoms with Crippen molar-refractivity contribution in [2.24, 2.45) is 0 Å². The van der Waals surface area contributed by atoms with Gasteiger partial charge >= 0.3 is 0 Å². The van der Waals surface area contributed by atoms with Crippen molar-refractivity contribution in [1.29, 1.82) is 0 Å². The standard InChI is InChI=1S/C15H23ClN2OS/c1-10(16)14-11(2)17-18(12(14)3)13-4-6-19-15(8-13)5-7-20-9-15/h10,13H,4-9H2,1-3H3. The number of thioether (sulfide) groups is 1. The van der Waals surface area contributed by atoms with E-state index in [4.69, 9.17) is 21.4 Å². The van der Waals surface area contributed by atoms with Crippen LogP contribution in [0.2, 0.25) is 0 Å². The predicted octanol–water partition coefficient (Wildman–Crippen LogP) is 4.03. The van der Waals surface area contributed by atoms with Crippen molar-refractivity contribution < 1.29 is 4.74 Å². The molecule has 1 spiro atoms. The molecular weight excluding hydrogens is 292 g/mol. The van der Waals surface area contributed by atoms with E-state index in [1.807, 2.05) is 18.7 Å². The van der Waals surface area contributed by atoms with Crippen LogP contribution < -0.4 is 0 Å². The van der Waals surface area contributed by atoms with Gasteiger partial charge in [-0.25, -0.2) is 0 Å². The van der Waals surface area contributed by atoms with Crippen molar-refractivity contribution >= 4 is 23.4 Å². The number of aromatic nitrogens is 2. The van der Waals surface area contributed by atoms with Crippen LogP contribution in [0.4, 0.5) is 0 Å². The second-order valence-corrected chi connectivity index (χ2v) is 7.89. The third-order valence-corrected chi connectivity index (χ3v) is 6.10. The molecule has 112 valence electrons.